The molecule has 1 aliphatic rings. The summed E-state index contributed by atoms with van der Waals surface area (Å²) in [5.41, 5.74) is 1.97. The molecule has 2 heterocycles. The van der Waals surface area contributed by atoms with E-state index in [9.17, 15) is 9.59 Å². The van der Waals surface area contributed by atoms with E-state index >= 15 is 0 Å². The summed E-state index contributed by atoms with van der Waals surface area (Å²) < 4.78 is 5.47. The van der Waals surface area contributed by atoms with E-state index < -0.39 is 0 Å². The van der Waals surface area contributed by atoms with Crippen molar-refractivity contribution in [3.05, 3.63) is 62.5 Å². The first kappa shape index (κ1) is 17.9. The number of nitrogens with zero attached hydrogens (tertiary/aromatic N) is 1. The third-order valence-corrected chi connectivity index (χ3v) is 6.31. The first-order chi connectivity index (χ1) is 13.2. The summed E-state index contributed by atoms with van der Waals surface area (Å²) in [5.74, 6) is -0.199. The molecule has 0 spiro atoms. The summed E-state index contributed by atoms with van der Waals surface area (Å²) in [7, 11) is 0. The second-order valence-corrected chi connectivity index (χ2v) is 7.97. The van der Waals surface area contributed by atoms with E-state index in [1.807, 2.05) is 37.3 Å². The number of carbonyl (C=O) groups excluding carboxylic acids is 1. The van der Waals surface area contributed by atoms with Crippen molar-refractivity contribution in [2.24, 2.45) is 0 Å². The molecule has 1 atom stereocenters. The lowest BCUT2D eigenvalue weighted by Gasteiger charge is -2.14. The van der Waals surface area contributed by atoms with Crippen LogP contribution in [0, 0.1) is 0 Å². The maximum Gasteiger partial charge on any atom is 0.313 e. The largest absolute Gasteiger partial charge is 0.457 e. The third kappa shape index (κ3) is 3.54. The van der Waals surface area contributed by atoms with Gasteiger partial charge in [-0.15, -0.1) is 11.3 Å². The van der Waals surface area contributed by atoms with Gasteiger partial charge in [-0.05, 0) is 43.2 Å². The second-order valence-electron chi connectivity index (χ2n) is 6.88. The van der Waals surface area contributed by atoms with Crippen molar-refractivity contribution in [1.29, 1.82) is 0 Å². The molecule has 2 aromatic heterocycles. The summed E-state index contributed by atoms with van der Waals surface area (Å²) in [5, 5.41) is 0.723. The molecule has 6 heteroatoms. The zero-order chi connectivity index (χ0) is 18.8. The number of aromatic amines is 1. The minimum Gasteiger partial charge on any atom is -0.457 e. The lowest BCUT2D eigenvalue weighted by Crippen LogP contribution is -2.18. The Morgan fingerprint density at radius 2 is 2.04 bits per heavy atom. The van der Waals surface area contributed by atoms with Gasteiger partial charge in [-0.3, -0.25) is 9.59 Å². The maximum absolute atomic E-state index is 12.6. The van der Waals surface area contributed by atoms with E-state index in [1.165, 1.54) is 11.3 Å². The van der Waals surface area contributed by atoms with Crippen molar-refractivity contribution in [2.75, 3.05) is 0 Å². The molecule has 0 saturated carbocycles. The molecule has 27 heavy (non-hydrogen) atoms. The fourth-order valence-corrected chi connectivity index (χ4v) is 5.02. The van der Waals surface area contributed by atoms with Crippen LogP contribution in [-0.2, 0) is 29.0 Å². The van der Waals surface area contributed by atoms with Crippen LogP contribution in [0.25, 0.3) is 10.2 Å². The van der Waals surface area contributed by atoms with Crippen molar-refractivity contribution in [1.82, 2.24) is 9.97 Å². The first-order valence-corrected chi connectivity index (χ1v) is 10.2. The number of esters is 1. The Bertz CT molecular complexity index is 1020. The fourth-order valence-electron chi connectivity index (χ4n) is 3.74. The SMILES string of the molecule is CC[C@H](C(=O)OCc1nc2sc3c(c2c(=O)[nH]1)CCCC3)c1ccccc1. The van der Waals surface area contributed by atoms with Crippen molar-refractivity contribution >= 4 is 27.5 Å². The predicted molar refractivity (Wildman–Crippen MR) is 106 cm³/mol. The molecule has 3 aromatic rings. The van der Waals surface area contributed by atoms with Gasteiger partial charge >= 0.3 is 5.97 Å². The zero-order valence-corrected chi connectivity index (χ0v) is 16.1. The van der Waals surface area contributed by atoms with Gasteiger partial charge in [0.1, 0.15) is 17.3 Å². The van der Waals surface area contributed by atoms with Crippen LogP contribution in [0.15, 0.2) is 35.1 Å². The molecular weight excluding hydrogens is 360 g/mol. The van der Waals surface area contributed by atoms with E-state index in [-0.39, 0.29) is 24.1 Å². The molecule has 1 aromatic carbocycles. The quantitative estimate of drug-likeness (QED) is 0.674. The number of aryl methyl sites for hydroxylation is 2. The molecular formula is C21H22N2O3S. The molecule has 0 bridgehead atoms. The number of carbonyl (C=O) groups is 1. The average molecular weight is 382 g/mol. The van der Waals surface area contributed by atoms with Gasteiger partial charge in [0, 0.05) is 4.88 Å². The maximum atomic E-state index is 12.6. The summed E-state index contributed by atoms with van der Waals surface area (Å²) in [6, 6.07) is 9.61. The molecule has 0 aliphatic heterocycles. The van der Waals surface area contributed by atoms with E-state index in [0.717, 1.165) is 40.6 Å². The van der Waals surface area contributed by atoms with Gasteiger partial charge in [0.15, 0.2) is 0 Å². The van der Waals surface area contributed by atoms with Crippen molar-refractivity contribution in [3.63, 3.8) is 0 Å². The van der Waals surface area contributed by atoms with Crippen LogP contribution in [0.3, 0.4) is 0 Å². The van der Waals surface area contributed by atoms with Crippen LogP contribution in [0.5, 0.6) is 0 Å². The highest BCUT2D eigenvalue weighted by atomic mass is 32.1. The minimum atomic E-state index is -0.310. The van der Waals surface area contributed by atoms with E-state index in [4.69, 9.17) is 4.74 Å². The van der Waals surface area contributed by atoms with Crippen LogP contribution in [0.2, 0.25) is 0 Å². The number of ether oxygens (including phenoxy) is 1. The summed E-state index contributed by atoms with van der Waals surface area (Å²) in [6.07, 6.45) is 4.91. The van der Waals surface area contributed by atoms with Crippen LogP contribution in [-0.4, -0.2) is 15.9 Å². The van der Waals surface area contributed by atoms with Crippen LogP contribution >= 0.6 is 11.3 Å². The van der Waals surface area contributed by atoms with Gasteiger partial charge in [0.05, 0.1) is 11.3 Å². The Balaban J connectivity index is 1.53. The Kier molecular flexibility index (Phi) is 5.07. The Hall–Kier alpha value is -2.47. The Morgan fingerprint density at radius 1 is 1.26 bits per heavy atom. The molecule has 140 valence electrons. The molecule has 4 rings (SSSR count). The van der Waals surface area contributed by atoms with E-state index in [1.54, 1.807) is 11.3 Å². The summed E-state index contributed by atoms with van der Waals surface area (Å²) in [6.45, 7) is 1.94. The number of nitrogens with one attached hydrogen (secondary N) is 1. The van der Waals surface area contributed by atoms with Crippen LogP contribution in [0.4, 0.5) is 0 Å². The van der Waals surface area contributed by atoms with Crippen molar-refractivity contribution < 1.29 is 9.53 Å². The number of H-pyrrole nitrogens is 1. The van der Waals surface area contributed by atoms with Gasteiger partial charge in [-0.2, -0.15) is 0 Å². The molecule has 1 aliphatic carbocycles. The highest BCUT2D eigenvalue weighted by Crippen LogP contribution is 2.33. The number of aromatic nitrogens is 2. The fraction of sp³-hybridized carbons (Fsp3) is 0.381. The van der Waals surface area contributed by atoms with Crippen LogP contribution < -0.4 is 5.56 Å². The van der Waals surface area contributed by atoms with E-state index in [2.05, 4.69) is 9.97 Å². The highest BCUT2D eigenvalue weighted by Gasteiger charge is 2.22. The Morgan fingerprint density at radius 3 is 2.81 bits per heavy atom. The summed E-state index contributed by atoms with van der Waals surface area (Å²) in [4.78, 5) is 34.5. The Labute approximate surface area is 161 Å². The van der Waals surface area contributed by atoms with Gasteiger partial charge in [-0.25, -0.2) is 4.98 Å². The smallest absolute Gasteiger partial charge is 0.313 e. The van der Waals surface area contributed by atoms with Gasteiger partial charge < -0.3 is 9.72 Å². The average Bonchev–Trinajstić information content (AvgIpc) is 3.06. The molecule has 1 N–H and O–H groups in total. The highest BCUT2D eigenvalue weighted by molar-refractivity contribution is 7.18. The van der Waals surface area contributed by atoms with E-state index in [0.29, 0.717) is 12.2 Å². The number of benzene rings is 1. The molecule has 0 fully saturated rings. The number of hydrogen-bond acceptors (Lipinski definition) is 5. The number of hydrogen-bond donors (Lipinski definition) is 1. The second kappa shape index (κ2) is 7.64. The monoisotopic (exact) mass is 382 g/mol. The van der Waals surface area contributed by atoms with Crippen molar-refractivity contribution in [2.45, 2.75) is 51.6 Å². The molecule has 5 nitrogen and oxygen atoms in total. The molecule has 0 radical (unpaired) electrons. The number of fused-ring (bicyclic) bond motifs is 3. The topological polar surface area (TPSA) is 72.0 Å². The zero-order valence-electron chi connectivity index (χ0n) is 15.3. The van der Waals surface area contributed by atoms with Crippen molar-refractivity contribution in [3.8, 4) is 0 Å². The molecule has 0 unspecified atom stereocenters. The predicted octanol–water partition coefficient (Wildman–Crippen LogP) is 4.10. The summed E-state index contributed by atoms with van der Waals surface area (Å²) >= 11 is 1.60. The van der Waals surface area contributed by atoms with Gasteiger partial charge in [-0.1, -0.05) is 37.3 Å². The molecule has 0 saturated heterocycles. The third-order valence-electron chi connectivity index (χ3n) is 5.12. The first-order valence-electron chi connectivity index (χ1n) is 9.42. The van der Waals surface area contributed by atoms with Gasteiger partial charge in [0.25, 0.3) is 5.56 Å². The standard InChI is InChI=1S/C21H22N2O3S/c1-2-14(13-8-4-3-5-9-13)21(25)26-12-17-22-19(24)18-15-10-6-7-11-16(15)27-20(18)23-17/h3-5,8-9,14H,2,6-7,10-12H2,1H3,(H,22,23,24)/t14-/m0/s1. The van der Waals surface area contributed by atoms with Crippen LogP contribution in [0.1, 0.15) is 53.9 Å². The lowest BCUT2D eigenvalue weighted by molar-refractivity contribution is -0.147. The number of rotatable bonds is 5. The lowest BCUT2D eigenvalue weighted by atomic mass is 9.97. The normalized spacial score (nSPS) is 14.7. The van der Waals surface area contributed by atoms with Gasteiger partial charge in [0.2, 0.25) is 0 Å². The minimum absolute atomic E-state index is 0.0179. The molecule has 0 amide bonds. The number of thiophene rings is 1.